The predicted octanol–water partition coefficient (Wildman–Crippen LogP) is 6.54. The lowest BCUT2D eigenvalue weighted by molar-refractivity contribution is -0.119. The fourth-order valence-electron chi connectivity index (χ4n) is 3.92. The molecule has 5 heteroatoms. The van der Waals surface area contributed by atoms with E-state index in [-0.39, 0.29) is 0 Å². The van der Waals surface area contributed by atoms with Crippen LogP contribution in [0.3, 0.4) is 0 Å². The van der Waals surface area contributed by atoms with Crippen molar-refractivity contribution in [1.29, 1.82) is 0 Å². The summed E-state index contributed by atoms with van der Waals surface area (Å²) < 4.78 is 18.5. The number of carbonyl (C=O) groups is 1. The van der Waals surface area contributed by atoms with Gasteiger partial charge in [0.15, 0.2) is 0 Å². The fraction of sp³-hybridized carbons (Fsp3) is 0.870. The van der Waals surface area contributed by atoms with Crippen LogP contribution >= 0.6 is 0 Å². The highest BCUT2D eigenvalue weighted by atomic mass is 28.4. The van der Waals surface area contributed by atoms with Crippen LogP contribution in [0.15, 0.2) is 11.3 Å². The summed E-state index contributed by atoms with van der Waals surface area (Å²) in [5.41, 5.74) is 0. The van der Waals surface area contributed by atoms with Crippen molar-refractivity contribution in [2.75, 3.05) is 19.8 Å². The minimum absolute atomic E-state index is 0.467. The van der Waals surface area contributed by atoms with E-state index >= 15 is 0 Å². The molecule has 0 N–H and O–H groups in total. The average molecular weight is 413 g/mol. The van der Waals surface area contributed by atoms with Crippen molar-refractivity contribution in [2.24, 2.45) is 0 Å². The van der Waals surface area contributed by atoms with Gasteiger partial charge in [-0.1, -0.05) is 44.6 Å². The smallest absolute Gasteiger partial charge is 0.370 e. The van der Waals surface area contributed by atoms with Gasteiger partial charge in [0.25, 0.3) is 0 Å². The highest BCUT2D eigenvalue weighted by Crippen LogP contribution is 2.27. The summed E-state index contributed by atoms with van der Waals surface area (Å²) in [6.07, 6.45) is 17.6. The Morgan fingerprint density at radius 3 is 1.61 bits per heavy atom. The maximum Gasteiger partial charge on any atom is 0.532 e. The normalized spacial score (nSPS) is 21.7. The molecule has 1 aliphatic rings. The largest absolute Gasteiger partial charge is 0.532 e. The molecule has 164 valence electrons. The van der Waals surface area contributed by atoms with Gasteiger partial charge in [0.05, 0.1) is 0 Å². The molecular formula is C23H44O4Si. The van der Waals surface area contributed by atoms with E-state index in [1.54, 1.807) is 0 Å². The van der Waals surface area contributed by atoms with E-state index in [0.717, 1.165) is 51.4 Å². The van der Waals surface area contributed by atoms with E-state index < -0.39 is 8.80 Å². The molecule has 0 atom stereocenters. The van der Waals surface area contributed by atoms with Gasteiger partial charge in [-0.05, 0) is 64.5 Å². The van der Waals surface area contributed by atoms with Gasteiger partial charge in [0.2, 0.25) is 0 Å². The van der Waals surface area contributed by atoms with Crippen molar-refractivity contribution < 1.29 is 18.1 Å². The van der Waals surface area contributed by atoms with Crippen LogP contribution in [0.4, 0.5) is 0 Å². The molecule has 0 aliphatic heterocycles. The van der Waals surface area contributed by atoms with E-state index in [1.165, 1.54) is 43.7 Å². The third kappa shape index (κ3) is 10.3. The van der Waals surface area contributed by atoms with Gasteiger partial charge in [0.1, 0.15) is 5.78 Å². The van der Waals surface area contributed by atoms with Gasteiger partial charge in [0, 0.05) is 32.7 Å². The number of rotatable bonds is 7. The molecule has 0 aromatic heterocycles. The summed E-state index contributed by atoms with van der Waals surface area (Å²) in [5, 5.41) is 1.29. The summed E-state index contributed by atoms with van der Waals surface area (Å²) in [4.78, 5) is 11.9. The molecule has 0 spiro atoms. The quantitative estimate of drug-likeness (QED) is 0.445. The minimum Gasteiger partial charge on any atom is -0.370 e. The van der Waals surface area contributed by atoms with Crippen LogP contribution in [0.1, 0.15) is 111 Å². The Balaban J connectivity index is 2.79. The van der Waals surface area contributed by atoms with Gasteiger partial charge >= 0.3 is 8.80 Å². The van der Waals surface area contributed by atoms with Gasteiger partial charge in [-0.25, -0.2) is 0 Å². The summed E-state index contributed by atoms with van der Waals surface area (Å²) in [6, 6.07) is 0. The SMILES string of the molecule is CCO[Si](OCC)(OCC)/C1=C\CCCCCCCC(=O)CCCCCCC1. The Hall–Kier alpha value is -0.493. The standard InChI is InChI=1S/C23H44O4Si/c1-4-25-28(26-5-2,27-6-3)23-20-16-12-8-7-10-14-18-22(24)19-15-11-9-13-17-21-23/h20H,4-19,21H2,1-3H3/b23-20-. The lowest BCUT2D eigenvalue weighted by Crippen LogP contribution is -2.48. The van der Waals surface area contributed by atoms with Crippen LogP contribution < -0.4 is 0 Å². The van der Waals surface area contributed by atoms with Crippen molar-refractivity contribution in [2.45, 2.75) is 111 Å². The van der Waals surface area contributed by atoms with Crippen LogP contribution in [0, 0.1) is 0 Å². The van der Waals surface area contributed by atoms with Crippen LogP contribution in [0.5, 0.6) is 0 Å². The zero-order valence-corrected chi connectivity index (χ0v) is 19.7. The van der Waals surface area contributed by atoms with E-state index in [9.17, 15) is 4.79 Å². The van der Waals surface area contributed by atoms with E-state index in [1.807, 2.05) is 20.8 Å². The van der Waals surface area contributed by atoms with Crippen LogP contribution in [-0.4, -0.2) is 34.4 Å². The molecule has 0 bridgehead atoms. The van der Waals surface area contributed by atoms with Gasteiger partial charge in [-0.15, -0.1) is 0 Å². The molecule has 0 unspecified atom stereocenters. The highest BCUT2D eigenvalue weighted by Gasteiger charge is 2.44. The Morgan fingerprint density at radius 1 is 0.679 bits per heavy atom. The Kier molecular flexibility index (Phi) is 14.9. The number of Topliss-reactive ketones (excluding diaryl/α,β-unsaturated/α-hetero) is 1. The topological polar surface area (TPSA) is 44.8 Å². The second-order valence-electron chi connectivity index (χ2n) is 7.70. The molecule has 0 aromatic carbocycles. The Labute approximate surface area is 174 Å². The Bertz CT molecular complexity index is 419. The zero-order valence-electron chi connectivity index (χ0n) is 18.7. The van der Waals surface area contributed by atoms with Crippen LogP contribution in [-0.2, 0) is 18.1 Å². The minimum atomic E-state index is -2.76. The monoisotopic (exact) mass is 412 g/mol. The Morgan fingerprint density at radius 2 is 1.11 bits per heavy atom. The first kappa shape index (κ1) is 25.5. The molecule has 0 amide bonds. The second kappa shape index (κ2) is 16.3. The van der Waals surface area contributed by atoms with Gasteiger partial charge in [-0.2, -0.15) is 0 Å². The fourth-order valence-corrected chi connectivity index (χ4v) is 6.74. The maximum absolute atomic E-state index is 11.9. The average Bonchev–Trinajstić information content (AvgIpc) is 2.67. The highest BCUT2D eigenvalue weighted by molar-refractivity contribution is 6.68. The van der Waals surface area contributed by atoms with Gasteiger partial charge < -0.3 is 13.3 Å². The lowest BCUT2D eigenvalue weighted by atomic mass is 10.0. The molecule has 1 aliphatic carbocycles. The molecule has 0 saturated carbocycles. The summed E-state index contributed by atoms with van der Waals surface area (Å²) >= 11 is 0. The number of hydrogen-bond donors (Lipinski definition) is 0. The molecule has 0 fully saturated rings. The molecule has 0 aromatic rings. The molecule has 1 rings (SSSR count). The van der Waals surface area contributed by atoms with E-state index in [2.05, 4.69) is 6.08 Å². The molecule has 0 saturated heterocycles. The van der Waals surface area contributed by atoms with Crippen LogP contribution in [0.25, 0.3) is 0 Å². The van der Waals surface area contributed by atoms with E-state index in [0.29, 0.717) is 25.6 Å². The third-order valence-electron chi connectivity index (χ3n) is 5.35. The number of allylic oxidation sites excluding steroid dienone is 2. The molecular weight excluding hydrogens is 368 g/mol. The van der Waals surface area contributed by atoms with Crippen molar-refractivity contribution in [3.05, 3.63) is 11.3 Å². The predicted molar refractivity (Wildman–Crippen MR) is 118 cm³/mol. The lowest BCUT2D eigenvalue weighted by Gasteiger charge is -2.31. The number of hydrogen-bond acceptors (Lipinski definition) is 4. The molecule has 0 radical (unpaired) electrons. The summed E-state index contributed by atoms with van der Waals surface area (Å²) in [6.45, 7) is 7.95. The first-order valence-corrected chi connectivity index (χ1v) is 13.5. The molecule has 28 heavy (non-hydrogen) atoms. The van der Waals surface area contributed by atoms with Crippen molar-refractivity contribution in [3.63, 3.8) is 0 Å². The van der Waals surface area contributed by atoms with Crippen LogP contribution in [0.2, 0.25) is 0 Å². The zero-order chi connectivity index (χ0) is 20.5. The van der Waals surface area contributed by atoms with Crippen molar-refractivity contribution in [1.82, 2.24) is 0 Å². The molecule has 4 nitrogen and oxygen atoms in total. The van der Waals surface area contributed by atoms with Gasteiger partial charge in [-0.3, -0.25) is 4.79 Å². The number of carbonyl (C=O) groups excluding carboxylic acids is 1. The third-order valence-corrected chi connectivity index (χ3v) is 8.60. The number of ketones is 1. The maximum atomic E-state index is 11.9. The van der Waals surface area contributed by atoms with Crippen molar-refractivity contribution >= 4 is 14.6 Å². The van der Waals surface area contributed by atoms with Crippen molar-refractivity contribution in [3.8, 4) is 0 Å². The molecule has 0 heterocycles. The first-order valence-electron chi connectivity index (χ1n) is 11.8. The second-order valence-corrected chi connectivity index (χ2v) is 10.3. The summed E-state index contributed by atoms with van der Waals surface area (Å²) in [7, 11) is -2.76. The first-order chi connectivity index (χ1) is 13.7. The van der Waals surface area contributed by atoms with E-state index in [4.69, 9.17) is 13.3 Å². The summed E-state index contributed by atoms with van der Waals surface area (Å²) in [5.74, 6) is 0.467.